The van der Waals surface area contributed by atoms with Crippen molar-refractivity contribution in [2.45, 2.75) is 26.3 Å². The van der Waals surface area contributed by atoms with E-state index in [1.54, 1.807) is 12.1 Å². The van der Waals surface area contributed by atoms with Crippen LogP contribution in [0.2, 0.25) is 0 Å². The van der Waals surface area contributed by atoms with Gasteiger partial charge in [0.15, 0.2) is 0 Å². The van der Waals surface area contributed by atoms with Gasteiger partial charge in [-0.25, -0.2) is 4.39 Å². The van der Waals surface area contributed by atoms with Crippen LogP contribution in [-0.2, 0) is 6.42 Å². The van der Waals surface area contributed by atoms with Crippen molar-refractivity contribution in [3.63, 3.8) is 0 Å². The van der Waals surface area contributed by atoms with Gasteiger partial charge in [0.2, 0.25) is 0 Å². The standard InChI is InChI=1S/C16H17BrFN/c1-11-8-14(17)6-7-16(11)19-12(2)9-13-4-3-5-15(18)10-13/h3-8,10,12,19H,9H2,1-2H3. The minimum Gasteiger partial charge on any atom is -0.382 e. The van der Waals surface area contributed by atoms with E-state index < -0.39 is 0 Å². The summed E-state index contributed by atoms with van der Waals surface area (Å²) in [6.45, 7) is 4.17. The molecule has 0 saturated heterocycles. The Morgan fingerprint density at radius 2 is 2.00 bits per heavy atom. The lowest BCUT2D eigenvalue weighted by atomic mass is 10.1. The number of hydrogen-bond acceptors (Lipinski definition) is 1. The van der Waals surface area contributed by atoms with Crippen molar-refractivity contribution in [3.8, 4) is 0 Å². The Morgan fingerprint density at radius 3 is 2.68 bits per heavy atom. The Balaban J connectivity index is 2.03. The summed E-state index contributed by atoms with van der Waals surface area (Å²) in [5.74, 6) is -0.176. The summed E-state index contributed by atoms with van der Waals surface area (Å²) in [4.78, 5) is 0. The lowest BCUT2D eigenvalue weighted by Gasteiger charge is -2.17. The third-order valence-electron chi connectivity index (χ3n) is 3.02. The molecular formula is C16H17BrFN. The topological polar surface area (TPSA) is 12.0 Å². The molecule has 0 aliphatic heterocycles. The minimum absolute atomic E-state index is 0.176. The van der Waals surface area contributed by atoms with Crippen LogP contribution in [0.5, 0.6) is 0 Å². The Hall–Kier alpha value is -1.35. The zero-order chi connectivity index (χ0) is 13.8. The third-order valence-corrected chi connectivity index (χ3v) is 3.51. The molecule has 0 amide bonds. The molecule has 3 heteroatoms. The molecule has 1 unspecified atom stereocenters. The van der Waals surface area contributed by atoms with Crippen molar-refractivity contribution in [3.05, 3.63) is 63.9 Å². The van der Waals surface area contributed by atoms with E-state index in [-0.39, 0.29) is 11.9 Å². The second-order valence-corrected chi connectivity index (χ2v) is 5.75. The van der Waals surface area contributed by atoms with Crippen LogP contribution >= 0.6 is 15.9 Å². The van der Waals surface area contributed by atoms with Crippen molar-refractivity contribution in [2.75, 3.05) is 5.32 Å². The van der Waals surface area contributed by atoms with E-state index in [0.717, 1.165) is 22.1 Å². The maximum absolute atomic E-state index is 13.1. The molecule has 0 aliphatic rings. The van der Waals surface area contributed by atoms with Crippen LogP contribution in [0.25, 0.3) is 0 Å². The van der Waals surface area contributed by atoms with Crippen LogP contribution in [0.1, 0.15) is 18.1 Å². The number of anilines is 1. The summed E-state index contributed by atoms with van der Waals surface area (Å²) >= 11 is 3.45. The zero-order valence-corrected chi connectivity index (χ0v) is 12.7. The molecular weight excluding hydrogens is 305 g/mol. The molecule has 0 spiro atoms. The number of benzene rings is 2. The summed E-state index contributed by atoms with van der Waals surface area (Å²) in [5, 5.41) is 3.46. The van der Waals surface area contributed by atoms with Gasteiger partial charge in [-0.3, -0.25) is 0 Å². The van der Waals surface area contributed by atoms with Gasteiger partial charge in [0, 0.05) is 16.2 Å². The van der Waals surface area contributed by atoms with Gasteiger partial charge >= 0.3 is 0 Å². The van der Waals surface area contributed by atoms with Gasteiger partial charge in [-0.05, 0) is 61.7 Å². The number of halogens is 2. The summed E-state index contributed by atoms with van der Waals surface area (Å²) < 4.78 is 14.2. The van der Waals surface area contributed by atoms with Crippen LogP contribution in [0.15, 0.2) is 46.9 Å². The lowest BCUT2D eigenvalue weighted by molar-refractivity contribution is 0.624. The Labute approximate surface area is 122 Å². The predicted molar refractivity (Wildman–Crippen MR) is 82.1 cm³/mol. The zero-order valence-electron chi connectivity index (χ0n) is 11.1. The molecule has 2 rings (SSSR count). The molecule has 0 heterocycles. The average Bonchev–Trinajstić information content (AvgIpc) is 2.33. The van der Waals surface area contributed by atoms with Crippen molar-refractivity contribution in [1.82, 2.24) is 0 Å². The molecule has 0 aromatic heterocycles. The fourth-order valence-electron chi connectivity index (χ4n) is 2.12. The van der Waals surface area contributed by atoms with E-state index in [4.69, 9.17) is 0 Å². The molecule has 0 aliphatic carbocycles. The smallest absolute Gasteiger partial charge is 0.123 e. The van der Waals surface area contributed by atoms with Gasteiger partial charge in [-0.2, -0.15) is 0 Å². The molecule has 2 aromatic carbocycles. The highest BCUT2D eigenvalue weighted by molar-refractivity contribution is 9.10. The van der Waals surface area contributed by atoms with Gasteiger partial charge in [-0.1, -0.05) is 28.1 Å². The van der Waals surface area contributed by atoms with Crippen molar-refractivity contribution in [1.29, 1.82) is 0 Å². The monoisotopic (exact) mass is 321 g/mol. The number of aryl methyl sites for hydroxylation is 1. The summed E-state index contributed by atoms with van der Waals surface area (Å²) in [5.41, 5.74) is 3.32. The van der Waals surface area contributed by atoms with E-state index in [2.05, 4.69) is 47.2 Å². The molecule has 2 aromatic rings. The van der Waals surface area contributed by atoms with Crippen LogP contribution < -0.4 is 5.32 Å². The molecule has 0 radical (unpaired) electrons. The molecule has 0 bridgehead atoms. The van der Waals surface area contributed by atoms with E-state index in [9.17, 15) is 4.39 Å². The largest absolute Gasteiger partial charge is 0.382 e. The first kappa shape index (κ1) is 14.1. The van der Waals surface area contributed by atoms with Crippen molar-refractivity contribution < 1.29 is 4.39 Å². The van der Waals surface area contributed by atoms with Crippen LogP contribution in [-0.4, -0.2) is 6.04 Å². The van der Waals surface area contributed by atoms with Crippen LogP contribution in [0.4, 0.5) is 10.1 Å². The highest BCUT2D eigenvalue weighted by Gasteiger charge is 2.06. The number of nitrogens with one attached hydrogen (secondary N) is 1. The fraction of sp³-hybridized carbons (Fsp3) is 0.250. The highest BCUT2D eigenvalue weighted by Crippen LogP contribution is 2.21. The first-order valence-corrected chi connectivity index (χ1v) is 7.11. The molecule has 1 atom stereocenters. The Bertz CT molecular complexity index is 568. The minimum atomic E-state index is -0.176. The van der Waals surface area contributed by atoms with Gasteiger partial charge in [0.25, 0.3) is 0 Å². The van der Waals surface area contributed by atoms with E-state index in [1.807, 2.05) is 12.1 Å². The maximum atomic E-state index is 13.1. The van der Waals surface area contributed by atoms with Gasteiger partial charge in [0.1, 0.15) is 5.82 Å². The first-order chi connectivity index (χ1) is 9.04. The van der Waals surface area contributed by atoms with E-state index >= 15 is 0 Å². The van der Waals surface area contributed by atoms with Gasteiger partial charge in [0.05, 0.1) is 0 Å². The van der Waals surface area contributed by atoms with Crippen LogP contribution in [0.3, 0.4) is 0 Å². The second-order valence-electron chi connectivity index (χ2n) is 4.84. The van der Waals surface area contributed by atoms with Crippen molar-refractivity contribution in [2.24, 2.45) is 0 Å². The summed E-state index contributed by atoms with van der Waals surface area (Å²) in [7, 11) is 0. The van der Waals surface area contributed by atoms with E-state index in [1.165, 1.54) is 11.6 Å². The highest BCUT2D eigenvalue weighted by atomic mass is 79.9. The molecule has 0 fully saturated rings. The third kappa shape index (κ3) is 4.06. The van der Waals surface area contributed by atoms with Crippen molar-refractivity contribution >= 4 is 21.6 Å². The second kappa shape index (κ2) is 6.20. The van der Waals surface area contributed by atoms with E-state index in [0.29, 0.717) is 0 Å². The van der Waals surface area contributed by atoms with Gasteiger partial charge < -0.3 is 5.32 Å². The SMILES string of the molecule is Cc1cc(Br)ccc1NC(C)Cc1cccc(F)c1. The predicted octanol–water partition coefficient (Wildman–Crippen LogP) is 4.94. The van der Waals surface area contributed by atoms with Crippen LogP contribution in [0, 0.1) is 12.7 Å². The Kier molecular flexibility index (Phi) is 4.59. The molecule has 0 saturated carbocycles. The molecule has 100 valence electrons. The molecule has 19 heavy (non-hydrogen) atoms. The maximum Gasteiger partial charge on any atom is 0.123 e. The molecule has 1 nitrogen and oxygen atoms in total. The number of rotatable bonds is 4. The average molecular weight is 322 g/mol. The lowest BCUT2D eigenvalue weighted by Crippen LogP contribution is -2.18. The van der Waals surface area contributed by atoms with Gasteiger partial charge in [-0.15, -0.1) is 0 Å². The first-order valence-electron chi connectivity index (χ1n) is 6.32. The molecule has 1 N–H and O–H groups in total. The summed E-state index contributed by atoms with van der Waals surface area (Å²) in [6, 6.07) is 13.2. The summed E-state index contributed by atoms with van der Waals surface area (Å²) in [6.07, 6.45) is 0.799. The number of hydrogen-bond donors (Lipinski definition) is 1. The quantitative estimate of drug-likeness (QED) is 0.841. The normalized spacial score (nSPS) is 12.2. The fourth-order valence-corrected chi connectivity index (χ4v) is 2.60. The Morgan fingerprint density at radius 1 is 1.21 bits per heavy atom.